The van der Waals surface area contributed by atoms with Gasteiger partial charge in [-0.1, -0.05) is 30.3 Å². The zero-order valence-electron chi connectivity index (χ0n) is 10.6. The van der Waals surface area contributed by atoms with Crippen LogP contribution in [0.5, 0.6) is 0 Å². The number of benzene rings is 1. The van der Waals surface area contributed by atoms with E-state index in [1.165, 1.54) is 11.3 Å². The van der Waals surface area contributed by atoms with E-state index in [-0.39, 0.29) is 18.4 Å². The number of hydrogen-bond donors (Lipinski definition) is 2. The van der Waals surface area contributed by atoms with Crippen molar-refractivity contribution in [1.82, 2.24) is 5.32 Å². The van der Waals surface area contributed by atoms with E-state index < -0.39 is 0 Å². The number of nitrogens with one attached hydrogen (secondary N) is 1. The third-order valence-corrected chi connectivity index (χ3v) is 3.72. The lowest BCUT2D eigenvalue weighted by atomic mass is 9.96. The van der Waals surface area contributed by atoms with Gasteiger partial charge in [-0.3, -0.25) is 4.79 Å². The molecule has 1 unspecified atom stereocenters. The highest BCUT2D eigenvalue weighted by molar-refractivity contribution is 7.08. The summed E-state index contributed by atoms with van der Waals surface area (Å²) in [6.45, 7) is 0.660. The number of hydrogen-bond acceptors (Lipinski definition) is 3. The Morgan fingerprint density at radius 2 is 2.05 bits per heavy atom. The van der Waals surface area contributed by atoms with Crippen LogP contribution in [-0.2, 0) is 0 Å². The molecule has 0 aliphatic carbocycles. The third-order valence-electron chi connectivity index (χ3n) is 3.04. The van der Waals surface area contributed by atoms with Crippen molar-refractivity contribution in [2.24, 2.45) is 0 Å². The van der Waals surface area contributed by atoms with E-state index in [2.05, 4.69) is 5.32 Å². The monoisotopic (exact) mass is 275 g/mol. The zero-order chi connectivity index (χ0) is 13.5. The number of aliphatic hydroxyl groups is 1. The molecule has 0 saturated heterocycles. The van der Waals surface area contributed by atoms with Crippen LogP contribution in [0.1, 0.15) is 28.3 Å². The minimum atomic E-state index is -0.0554. The Morgan fingerprint density at radius 1 is 1.26 bits per heavy atom. The van der Waals surface area contributed by atoms with Crippen molar-refractivity contribution in [2.45, 2.75) is 12.3 Å². The molecule has 1 amide bonds. The average Bonchev–Trinajstić information content (AvgIpc) is 2.98. The van der Waals surface area contributed by atoms with E-state index in [9.17, 15) is 4.79 Å². The van der Waals surface area contributed by atoms with Gasteiger partial charge in [0.05, 0.1) is 0 Å². The highest BCUT2D eigenvalue weighted by atomic mass is 32.1. The molecule has 0 radical (unpaired) electrons. The Morgan fingerprint density at radius 3 is 2.68 bits per heavy atom. The van der Waals surface area contributed by atoms with Crippen LogP contribution in [0.25, 0.3) is 0 Å². The summed E-state index contributed by atoms with van der Waals surface area (Å²) in [5, 5.41) is 15.8. The van der Waals surface area contributed by atoms with Gasteiger partial charge in [0.2, 0.25) is 0 Å². The molecule has 0 aliphatic heterocycles. The third kappa shape index (κ3) is 3.91. The first kappa shape index (κ1) is 13.8. The summed E-state index contributed by atoms with van der Waals surface area (Å²) in [4.78, 5) is 11.9. The lowest BCUT2D eigenvalue weighted by Crippen LogP contribution is -2.28. The van der Waals surface area contributed by atoms with Gasteiger partial charge in [-0.25, -0.2) is 0 Å². The summed E-state index contributed by atoms with van der Waals surface area (Å²) in [5.41, 5.74) is 1.84. The predicted octanol–water partition coefficient (Wildman–Crippen LogP) is 2.64. The summed E-state index contributed by atoms with van der Waals surface area (Å²) in [6.07, 6.45) is 0.647. The number of thiophene rings is 1. The first-order chi connectivity index (χ1) is 9.31. The highest BCUT2D eigenvalue weighted by Crippen LogP contribution is 2.18. The van der Waals surface area contributed by atoms with Crippen molar-refractivity contribution >= 4 is 17.2 Å². The molecule has 2 aromatic rings. The molecule has 1 aromatic carbocycles. The average molecular weight is 275 g/mol. The molecular formula is C15H17NO2S. The second-order valence-electron chi connectivity index (χ2n) is 4.34. The van der Waals surface area contributed by atoms with Crippen LogP contribution in [0.15, 0.2) is 47.2 Å². The fourth-order valence-corrected chi connectivity index (χ4v) is 2.62. The topological polar surface area (TPSA) is 49.3 Å². The number of carbonyl (C=O) groups excluding carboxylic acids is 1. The lowest BCUT2D eigenvalue weighted by molar-refractivity contribution is 0.0950. The minimum Gasteiger partial charge on any atom is -0.396 e. The molecule has 4 heteroatoms. The van der Waals surface area contributed by atoms with Crippen molar-refractivity contribution in [1.29, 1.82) is 0 Å². The minimum absolute atomic E-state index is 0.0554. The molecule has 1 aromatic heterocycles. The van der Waals surface area contributed by atoms with Gasteiger partial charge in [-0.2, -0.15) is 11.3 Å². The molecule has 0 spiro atoms. The van der Waals surface area contributed by atoms with Crippen LogP contribution >= 0.6 is 11.3 Å². The van der Waals surface area contributed by atoms with Gasteiger partial charge in [0, 0.05) is 30.0 Å². The van der Waals surface area contributed by atoms with Crippen LogP contribution in [0.3, 0.4) is 0 Å². The fourth-order valence-electron chi connectivity index (χ4n) is 1.98. The second kappa shape index (κ2) is 7.07. The first-order valence-electron chi connectivity index (χ1n) is 6.27. The van der Waals surface area contributed by atoms with Gasteiger partial charge in [-0.05, 0) is 23.4 Å². The van der Waals surface area contributed by atoms with E-state index in [4.69, 9.17) is 5.11 Å². The molecule has 0 saturated carbocycles. The first-order valence-corrected chi connectivity index (χ1v) is 7.21. The summed E-state index contributed by atoms with van der Waals surface area (Å²) >= 11 is 1.51. The molecule has 19 heavy (non-hydrogen) atoms. The Labute approximate surface area is 116 Å². The van der Waals surface area contributed by atoms with Crippen molar-refractivity contribution in [2.75, 3.05) is 13.2 Å². The van der Waals surface area contributed by atoms with Crippen LogP contribution in [0, 0.1) is 0 Å². The SMILES string of the molecule is O=C(NCC(CCO)c1ccccc1)c1ccsc1. The number of carbonyl (C=O) groups is 1. The molecule has 0 aliphatic rings. The van der Waals surface area contributed by atoms with Gasteiger partial charge in [0.25, 0.3) is 5.91 Å². The molecule has 0 bridgehead atoms. The van der Waals surface area contributed by atoms with Gasteiger partial charge < -0.3 is 10.4 Å². The zero-order valence-corrected chi connectivity index (χ0v) is 11.4. The molecule has 3 nitrogen and oxygen atoms in total. The Kier molecular flexibility index (Phi) is 5.12. The normalized spacial score (nSPS) is 12.1. The largest absolute Gasteiger partial charge is 0.396 e. The Bertz CT molecular complexity index is 496. The fraction of sp³-hybridized carbons (Fsp3) is 0.267. The van der Waals surface area contributed by atoms with E-state index in [1.54, 1.807) is 0 Å². The van der Waals surface area contributed by atoms with Crippen molar-refractivity contribution in [3.05, 3.63) is 58.3 Å². The highest BCUT2D eigenvalue weighted by Gasteiger charge is 2.13. The predicted molar refractivity (Wildman–Crippen MR) is 77.5 cm³/mol. The standard InChI is InChI=1S/C15H17NO2S/c17-8-6-13(12-4-2-1-3-5-12)10-16-15(18)14-7-9-19-11-14/h1-5,7,9,11,13,17H,6,8,10H2,(H,16,18). The molecule has 0 fully saturated rings. The van der Waals surface area contributed by atoms with Crippen molar-refractivity contribution in [3.8, 4) is 0 Å². The van der Waals surface area contributed by atoms with E-state index in [0.29, 0.717) is 18.5 Å². The van der Waals surface area contributed by atoms with Gasteiger partial charge in [-0.15, -0.1) is 0 Å². The van der Waals surface area contributed by atoms with E-state index in [1.807, 2.05) is 47.2 Å². The summed E-state index contributed by atoms with van der Waals surface area (Å²) < 4.78 is 0. The van der Waals surface area contributed by atoms with Gasteiger partial charge in [0.1, 0.15) is 0 Å². The lowest BCUT2D eigenvalue weighted by Gasteiger charge is -2.16. The van der Waals surface area contributed by atoms with Crippen LogP contribution in [-0.4, -0.2) is 24.2 Å². The summed E-state index contributed by atoms with van der Waals surface area (Å²) in [7, 11) is 0. The van der Waals surface area contributed by atoms with Crippen LogP contribution in [0.2, 0.25) is 0 Å². The number of rotatable bonds is 6. The Hall–Kier alpha value is -1.65. The van der Waals surface area contributed by atoms with Gasteiger partial charge in [0.15, 0.2) is 0 Å². The maximum Gasteiger partial charge on any atom is 0.252 e. The van der Waals surface area contributed by atoms with E-state index in [0.717, 1.165) is 5.56 Å². The van der Waals surface area contributed by atoms with Crippen LogP contribution in [0.4, 0.5) is 0 Å². The quantitative estimate of drug-likeness (QED) is 0.851. The molecule has 2 rings (SSSR count). The van der Waals surface area contributed by atoms with Crippen molar-refractivity contribution < 1.29 is 9.90 Å². The molecule has 1 heterocycles. The van der Waals surface area contributed by atoms with Gasteiger partial charge >= 0.3 is 0 Å². The number of amides is 1. The van der Waals surface area contributed by atoms with E-state index >= 15 is 0 Å². The molecule has 2 N–H and O–H groups in total. The molecule has 100 valence electrons. The smallest absolute Gasteiger partial charge is 0.252 e. The second-order valence-corrected chi connectivity index (χ2v) is 5.12. The Balaban J connectivity index is 1.96. The van der Waals surface area contributed by atoms with Crippen molar-refractivity contribution in [3.63, 3.8) is 0 Å². The summed E-state index contributed by atoms with van der Waals surface area (Å²) in [6, 6.07) is 11.8. The molecule has 1 atom stereocenters. The maximum atomic E-state index is 11.9. The van der Waals surface area contributed by atoms with Crippen LogP contribution < -0.4 is 5.32 Å². The molecular weight excluding hydrogens is 258 g/mol. The summed E-state index contributed by atoms with van der Waals surface area (Å²) in [5.74, 6) is 0.0916. The number of aliphatic hydroxyl groups excluding tert-OH is 1. The maximum absolute atomic E-state index is 11.9.